The van der Waals surface area contributed by atoms with E-state index in [0.29, 0.717) is 5.75 Å². The Balaban J connectivity index is 2.09. The van der Waals surface area contributed by atoms with E-state index in [1.165, 1.54) is 0 Å². The first kappa shape index (κ1) is 13.6. The SMILES string of the molecule is N#CC(CSc1cc(F)ccc1F)c1ccccc1. The van der Waals surface area contributed by atoms with E-state index in [0.717, 1.165) is 35.5 Å². The Morgan fingerprint density at radius 2 is 1.84 bits per heavy atom. The Bertz CT molecular complexity index is 593. The van der Waals surface area contributed by atoms with Crippen molar-refractivity contribution in [2.24, 2.45) is 0 Å². The van der Waals surface area contributed by atoms with Crippen LogP contribution >= 0.6 is 11.8 Å². The average molecular weight is 275 g/mol. The minimum absolute atomic E-state index is 0.233. The van der Waals surface area contributed by atoms with E-state index in [4.69, 9.17) is 5.26 Å². The molecule has 0 radical (unpaired) electrons. The summed E-state index contributed by atoms with van der Waals surface area (Å²) in [4.78, 5) is 0.233. The van der Waals surface area contributed by atoms with E-state index in [1.807, 2.05) is 30.3 Å². The van der Waals surface area contributed by atoms with E-state index >= 15 is 0 Å². The second kappa shape index (κ2) is 6.35. The Labute approximate surface area is 114 Å². The molecule has 1 unspecified atom stereocenters. The molecular formula is C15H11F2NS. The molecule has 0 aromatic heterocycles. The fraction of sp³-hybridized carbons (Fsp3) is 0.133. The minimum atomic E-state index is -0.475. The third kappa shape index (κ3) is 3.55. The van der Waals surface area contributed by atoms with Gasteiger partial charge in [-0.1, -0.05) is 30.3 Å². The fourth-order valence-electron chi connectivity index (χ4n) is 1.65. The Morgan fingerprint density at radius 1 is 1.11 bits per heavy atom. The van der Waals surface area contributed by atoms with Crippen molar-refractivity contribution in [3.63, 3.8) is 0 Å². The number of nitrogens with zero attached hydrogens (tertiary/aromatic N) is 1. The lowest BCUT2D eigenvalue weighted by Gasteiger charge is -2.09. The summed E-state index contributed by atoms with van der Waals surface area (Å²) in [5, 5.41) is 9.15. The van der Waals surface area contributed by atoms with Gasteiger partial charge in [-0.05, 0) is 23.8 Å². The summed E-state index contributed by atoms with van der Waals surface area (Å²) in [5.41, 5.74) is 0.884. The Hall–Kier alpha value is -1.86. The highest BCUT2D eigenvalue weighted by molar-refractivity contribution is 7.99. The van der Waals surface area contributed by atoms with Crippen LogP contribution in [0.1, 0.15) is 11.5 Å². The lowest BCUT2D eigenvalue weighted by molar-refractivity contribution is 0.577. The van der Waals surface area contributed by atoms with Crippen molar-refractivity contribution in [3.8, 4) is 6.07 Å². The molecule has 0 heterocycles. The predicted molar refractivity (Wildman–Crippen MR) is 71.9 cm³/mol. The maximum atomic E-state index is 13.5. The quantitative estimate of drug-likeness (QED) is 0.774. The summed E-state index contributed by atoms with van der Waals surface area (Å²) in [6, 6.07) is 14.8. The zero-order chi connectivity index (χ0) is 13.7. The molecule has 0 bridgehead atoms. The first-order valence-electron chi connectivity index (χ1n) is 5.73. The highest BCUT2D eigenvalue weighted by Gasteiger charge is 2.12. The summed E-state index contributed by atoms with van der Waals surface area (Å²) >= 11 is 1.15. The van der Waals surface area contributed by atoms with Crippen LogP contribution in [0.4, 0.5) is 8.78 Å². The fourth-order valence-corrected chi connectivity index (χ4v) is 2.67. The van der Waals surface area contributed by atoms with Crippen LogP contribution < -0.4 is 0 Å². The van der Waals surface area contributed by atoms with E-state index in [2.05, 4.69) is 6.07 Å². The molecule has 2 rings (SSSR count). The van der Waals surface area contributed by atoms with E-state index in [1.54, 1.807) is 0 Å². The van der Waals surface area contributed by atoms with Gasteiger partial charge in [0, 0.05) is 10.6 Å². The van der Waals surface area contributed by atoms with Gasteiger partial charge >= 0.3 is 0 Å². The molecule has 0 spiro atoms. The highest BCUT2D eigenvalue weighted by Crippen LogP contribution is 2.28. The van der Waals surface area contributed by atoms with Crippen molar-refractivity contribution in [1.29, 1.82) is 5.26 Å². The molecule has 0 amide bonds. The standard InChI is InChI=1S/C15H11F2NS/c16-13-6-7-14(17)15(8-13)19-10-12(9-18)11-4-2-1-3-5-11/h1-8,12H,10H2. The molecule has 19 heavy (non-hydrogen) atoms. The van der Waals surface area contributed by atoms with Gasteiger partial charge in [-0.2, -0.15) is 5.26 Å². The smallest absolute Gasteiger partial charge is 0.136 e. The lowest BCUT2D eigenvalue weighted by Crippen LogP contribution is -1.99. The molecular weight excluding hydrogens is 264 g/mol. The van der Waals surface area contributed by atoms with Crippen molar-refractivity contribution < 1.29 is 8.78 Å². The Morgan fingerprint density at radius 3 is 2.53 bits per heavy atom. The first-order chi connectivity index (χ1) is 9.20. The molecule has 1 nitrogen and oxygen atoms in total. The number of nitriles is 1. The predicted octanol–water partition coefficient (Wildman–Crippen LogP) is 4.36. The zero-order valence-corrected chi connectivity index (χ0v) is 10.8. The molecule has 0 saturated heterocycles. The zero-order valence-electron chi connectivity index (χ0n) is 10.0. The number of hydrogen-bond acceptors (Lipinski definition) is 2. The van der Waals surface area contributed by atoms with Crippen LogP contribution in [0, 0.1) is 23.0 Å². The van der Waals surface area contributed by atoms with E-state index in [9.17, 15) is 8.78 Å². The minimum Gasteiger partial charge on any atom is -0.207 e. The van der Waals surface area contributed by atoms with Crippen LogP contribution in [0.2, 0.25) is 0 Å². The van der Waals surface area contributed by atoms with Gasteiger partial charge in [-0.3, -0.25) is 0 Å². The molecule has 0 aliphatic carbocycles. The molecule has 4 heteroatoms. The molecule has 0 fully saturated rings. The van der Waals surface area contributed by atoms with Gasteiger partial charge in [0.25, 0.3) is 0 Å². The molecule has 1 atom stereocenters. The summed E-state index contributed by atoms with van der Waals surface area (Å²) in [6.07, 6.45) is 0. The van der Waals surface area contributed by atoms with Gasteiger partial charge in [0.2, 0.25) is 0 Å². The van der Waals surface area contributed by atoms with Crippen LogP contribution in [0.5, 0.6) is 0 Å². The van der Waals surface area contributed by atoms with E-state index in [-0.39, 0.29) is 10.8 Å². The molecule has 2 aromatic carbocycles. The van der Waals surface area contributed by atoms with Crippen molar-refractivity contribution >= 4 is 11.8 Å². The van der Waals surface area contributed by atoms with Crippen LogP contribution in [-0.4, -0.2) is 5.75 Å². The maximum Gasteiger partial charge on any atom is 0.136 e. The van der Waals surface area contributed by atoms with Crippen molar-refractivity contribution in [2.75, 3.05) is 5.75 Å². The van der Waals surface area contributed by atoms with Crippen molar-refractivity contribution in [3.05, 3.63) is 65.7 Å². The molecule has 0 aliphatic heterocycles. The summed E-state index contributed by atoms with van der Waals surface area (Å²) in [7, 11) is 0. The third-order valence-electron chi connectivity index (χ3n) is 2.66. The number of thioether (sulfide) groups is 1. The topological polar surface area (TPSA) is 23.8 Å². The van der Waals surface area contributed by atoms with Crippen LogP contribution in [0.15, 0.2) is 53.4 Å². The third-order valence-corrected chi connectivity index (χ3v) is 3.78. The lowest BCUT2D eigenvalue weighted by atomic mass is 10.0. The van der Waals surface area contributed by atoms with Crippen LogP contribution in [0.3, 0.4) is 0 Å². The normalized spacial score (nSPS) is 11.8. The largest absolute Gasteiger partial charge is 0.207 e. The summed E-state index contributed by atoms with van der Waals surface area (Å²) in [5.74, 6) is -0.886. The summed E-state index contributed by atoms with van der Waals surface area (Å²) in [6.45, 7) is 0. The van der Waals surface area contributed by atoms with E-state index < -0.39 is 11.6 Å². The first-order valence-corrected chi connectivity index (χ1v) is 6.71. The van der Waals surface area contributed by atoms with Crippen molar-refractivity contribution in [1.82, 2.24) is 0 Å². The second-order valence-corrected chi connectivity index (χ2v) is 5.04. The number of halogens is 2. The summed E-state index contributed by atoms with van der Waals surface area (Å²) < 4.78 is 26.5. The van der Waals surface area contributed by atoms with Gasteiger partial charge in [0.05, 0.1) is 12.0 Å². The van der Waals surface area contributed by atoms with Gasteiger partial charge in [0.15, 0.2) is 0 Å². The van der Waals surface area contributed by atoms with Gasteiger partial charge in [-0.15, -0.1) is 11.8 Å². The molecule has 2 aromatic rings. The average Bonchev–Trinajstić information content (AvgIpc) is 2.44. The number of benzene rings is 2. The van der Waals surface area contributed by atoms with Gasteiger partial charge < -0.3 is 0 Å². The Kier molecular flexibility index (Phi) is 4.53. The monoisotopic (exact) mass is 275 g/mol. The molecule has 0 N–H and O–H groups in total. The molecule has 0 aliphatic rings. The number of rotatable bonds is 4. The number of hydrogen-bond donors (Lipinski definition) is 0. The van der Waals surface area contributed by atoms with Gasteiger partial charge in [-0.25, -0.2) is 8.78 Å². The van der Waals surface area contributed by atoms with Crippen LogP contribution in [-0.2, 0) is 0 Å². The maximum absolute atomic E-state index is 13.5. The van der Waals surface area contributed by atoms with Crippen LogP contribution in [0.25, 0.3) is 0 Å². The molecule has 96 valence electrons. The van der Waals surface area contributed by atoms with Gasteiger partial charge in [0.1, 0.15) is 11.6 Å². The van der Waals surface area contributed by atoms with Crippen molar-refractivity contribution in [2.45, 2.75) is 10.8 Å². The second-order valence-electron chi connectivity index (χ2n) is 3.98. The molecule has 0 saturated carbocycles. The highest BCUT2D eigenvalue weighted by atomic mass is 32.2.